The number of aromatic amines is 1. The maximum absolute atomic E-state index is 12.5. The van der Waals surface area contributed by atoms with Crippen molar-refractivity contribution in [2.45, 2.75) is 25.2 Å². The molecule has 1 amide bonds. The van der Waals surface area contributed by atoms with E-state index >= 15 is 0 Å². The number of piperidine rings is 1. The normalized spacial score (nSPS) is 22.2. The van der Waals surface area contributed by atoms with Crippen LogP contribution in [0.5, 0.6) is 5.75 Å². The minimum absolute atomic E-state index is 0.0823. The number of hydrogen-bond donors (Lipinski definition) is 1. The van der Waals surface area contributed by atoms with E-state index in [1.54, 1.807) is 7.11 Å². The van der Waals surface area contributed by atoms with Gasteiger partial charge in [0.05, 0.1) is 19.6 Å². The highest BCUT2D eigenvalue weighted by Crippen LogP contribution is 2.35. The molecule has 3 heterocycles. The largest absolute Gasteiger partial charge is 0.497 e. The molecule has 2 fully saturated rings. The fourth-order valence-electron chi connectivity index (χ4n) is 3.98. The lowest BCUT2D eigenvalue weighted by molar-refractivity contribution is -0.136. The number of ether oxygens (including phenoxy) is 2. The van der Waals surface area contributed by atoms with Crippen LogP contribution in [0.2, 0.25) is 0 Å². The Labute approximate surface area is 141 Å². The first-order valence-corrected chi connectivity index (χ1v) is 8.78. The molecule has 0 unspecified atom stereocenters. The average Bonchev–Trinajstić information content (AvgIpc) is 3.30. The Bertz CT molecular complexity index is 725. The molecule has 5 heteroatoms. The molecule has 0 spiro atoms. The highest BCUT2D eigenvalue weighted by Gasteiger charge is 2.31. The number of hydrogen-bond acceptors (Lipinski definition) is 3. The number of benzene rings is 1. The van der Waals surface area contributed by atoms with Gasteiger partial charge >= 0.3 is 0 Å². The van der Waals surface area contributed by atoms with E-state index in [0.29, 0.717) is 12.5 Å². The predicted octanol–water partition coefficient (Wildman–Crippen LogP) is 2.92. The summed E-state index contributed by atoms with van der Waals surface area (Å²) >= 11 is 0. The molecule has 0 bridgehead atoms. The molecule has 2 aliphatic rings. The van der Waals surface area contributed by atoms with E-state index in [1.807, 2.05) is 11.0 Å². The van der Waals surface area contributed by atoms with E-state index in [4.69, 9.17) is 9.47 Å². The smallest absolute Gasteiger partial charge is 0.228 e. The fraction of sp³-hybridized carbons (Fsp3) is 0.526. The number of carbonyl (C=O) groups is 1. The van der Waals surface area contributed by atoms with Crippen LogP contribution < -0.4 is 4.74 Å². The second-order valence-electron chi connectivity index (χ2n) is 6.82. The molecule has 5 nitrogen and oxygen atoms in total. The van der Waals surface area contributed by atoms with Crippen molar-refractivity contribution >= 4 is 16.8 Å². The van der Waals surface area contributed by atoms with Crippen LogP contribution in [0.4, 0.5) is 0 Å². The SMILES string of the molecule is COc1ccc2[nH]cc(C3CCN(C(=O)[C@H]4CCOC4)CC3)c2c1. The first kappa shape index (κ1) is 15.5. The summed E-state index contributed by atoms with van der Waals surface area (Å²) < 4.78 is 10.7. The Kier molecular flexibility index (Phi) is 4.19. The molecule has 4 rings (SSSR count). The van der Waals surface area contributed by atoms with Gasteiger partial charge in [-0.3, -0.25) is 4.79 Å². The molecule has 2 aliphatic heterocycles. The van der Waals surface area contributed by atoms with Crippen molar-refractivity contribution in [3.63, 3.8) is 0 Å². The zero-order chi connectivity index (χ0) is 16.5. The number of rotatable bonds is 3. The van der Waals surface area contributed by atoms with Crippen LogP contribution in [0.15, 0.2) is 24.4 Å². The van der Waals surface area contributed by atoms with Crippen molar-refractivity contribution in [1.29, 1.82) is 0 Å². The van der Waals surface area contributed by atoms with Gasteiger partial charge in [0.1, 0.15) is 5.75 Å². The van der Waals surface area contributed by atoms with E-state index < -0.39 is 0 Å². The third kappa shape index (κ3) is 2.77. The third-order valence-corrected chi connectivity index (χ3v) is 5.45. The number of aromatic nitrogens is 1. The van der Waals surface area contributed by atoms with Crippen LogP contribution in [0.3, 0.4) is 0 Å². The van der Waals surface area contributed by atoms with E-state index in [9.17, 15) is 4.79 Å². The van der Waals surface area contributed by atoms with Crippen molar-refractivity contribution in [3.05, 3.63) is 30.0 Å². The van der Waals surface area contributed by atoms with Gasteiger partial charge in [-0.25, -0.2) is 0 Å². The predicted molar refractivity (Wildman–Crippen MR) is 92.3 cm³/mol. The monoisotopic (exact) mass is 328 g/mol. The molecule has 128 valence electrons. The number of fused-ring (bicyclic) bond motifs is 1. The molecule has 1 atom stereocenters. The molecule has 2 saturated heterocycles. The molecule has 24 heavy (non-hydrogen) atoms. The summed E-state index contributed by atoms with van der Waals surface area (Å²) in [6.45, 7) is 3.01. The lowest BCUT2D eigenvalue weighted by atomic mass is 9.88. The topological polar surface area (TPSA) is 54.6 Å². The van der Waals surface area contributed by atoms with E-state index in [2.05, 4.69) is 23.3 Å². The van der Waals surface area contributed by atoms with Crippen molar-refractivity contribution in [1.82, 2.24) is 9.88 Å². The zero-order valence-electron chi connectivity index (χ0n) is 14.1. The number of nitrogens with zero attached hydrogens (tertiary/aromatic N) is 1. The number of H-pyrrole nitrogens is 1. The standard InChI is InChI=1S/C19H24N2O3/c1-23-15-2-3-18-16(10-15)17(11-20-18)13-4-7-21(8-5-13)19(22)14-6-9-24-12-14/h2-3,10-11,13-14,20H,4-9,12H2,1H3/t14-/m0/s1. The van der Waals surface area contributed by atoms with Crippen molar-refractivity contribution < 1.29 is 14.3 Å². The van der Waals surface area contributed by atoms with Gasteiger partial charge in [0.2, 0.25) is 5.91 Å². The minimum atomic E-state index is 0.0823. The Morgan fingerprint density at radius 1 is 1.29 bits per heavy atom. The second kappa shape index (κ2) is 6.48. The van der Waals surface area contributed by atoms with Crippen molar-refractivity contribution in [2.75, 3.05) is 33.4 Å². The molecule has 0 saturated carbocycles. The summed E-state index contributed by atoms with van der Waals surface area (Å²) in [4.78, 5) is 17.9. The minimum Gasteiger partial charge on any atom is -0.497 e. The summed E-state index contributed by atoms with van der Waals surface area (Å²) in [5.74, 6) is 1.75. The zero-order valence-corrected chi connectivity index (χ0v) is 14.1. The van der Waals surface area contributed by atoms with Gasteiger partial charge < -0.3 is 19.4 Å². The maximum Gasteiger partial charge on any atom is 0.228 e. The summed E-state index contributed by atoms with van der Waals surface area (Å²) in [7, 11) is 1.70. The van der Waals surface area contributed by atoms with Crippen LogP contribution >= 0.6 is 0 Å². The van der Waals surface area contributed by atoms with Gasteiger partial charge in [-0.2, -0.15) is 0 Å². The van der Waals surface area contributed by atoms with Gasteiger partial charge in [0.15, 0.2) is 0 Å². The Balaban J connectivity index is 1.46. The van der Waals surface area contributed by atoms with Crippen LogP contribution in [-0.2, 0) is 9.53 Å². The third-order valence-electron chi connectivity index (χ3n) is 5.45. The number of amides is 1. The Morgan fingerprint density at radius 2 is 2.12 bits per heavy atom. The second-order valence-corrected chi connectivity index (χ2v) is 6.82. The lowest BCUT2D eigenvalue weighted by Gasteiger charge is -2.33. The quantitative estimate of drug-likeness (QED) is 0.942. The number of methoxy groups -OCH3 is 1. The Hall–Kier alpha value is -2.01. The lowest BCUT2D eigenvalue weighted by Crippen LogP contribution is -2.41. The van der Waals surface area contributed by atoms with Crippen LogP contribution in [0, 0.1) is 5.92 Å². The summed E-state index contributed by atoms with van der Waals surface area (Å²) in [5.41, 5.74) is 2.49. The summed E-state index contributed by atoms with van der Waals surface area (Å²) in [6.07, 6.45) is 5.03. The summed E-state index contributed by atoms with van der Waals surface area (Å²) in [5, 5.41) is 1.24. The highest BCUT2D eigenvalue weighted by molar-refractivity contribution is 5.85. The number of likely N-dealkylation sites (tertiary alicyclic amines) is 1. The van der Waals surface area contributed by atoms with E-state index in [0.717, 1.165) is 50.2 Å². The van der Waals surface area contributed by atoms with Gasteiger partial charge in [0, 0.05) is 36.8 Å². The molecular weight excluding hydrogens is 304 g/mol. The fourth-order valence-corrected chi connectivity index (χ4v) is 3.98. The van der Waals surface area contributed by atoms with Crippen LogP contribution in [-0.4, -0.2) is 49.2 Å². The van der Waals surface area contributed by atoms with Gasteiger partial charge in [0.25, 0.3) is 0 Å². The molecular formula is C19H24N2O3. The maximum atomic E-state index is 12.5. The van der Waals surface area contributed by atoms with E-state index in [-0.39, 0.29) is 11.8 Å². The molecule has 0 aliphatic carbocycles. The summed E-state index contributed by atoms with van der Waals surface area (Å²) in [6, 6.07) is 6.15. The first-order valence-electron chi connectivity index (χ1n) is 8.78. The molecule has 2 aromatic rings. The average molecular weight is 328 g/mol. The molecule has 0 radical (unpaired) electrons. The van der Waals surface area contributed by atoms with Crippen LogP contribution in [0.25, 0.3) is 10.9 Å². The number of nitrogens with one attached hydrogen (secondary N) is 1. The van der Waals surface area contributed by atoms with Crippen molar-refractivity contribution in [2.24, 2.45) is 5.92 Å². The molecule has 1 aromatic carbocycles. The first-order chi connectivity index (χ1) is 11.8. The Morgan fingerprint density at radius 3 is 2.83 bits per heavy atom. The molecule has 1 N–H and O–H groups in total. The van der Waals surface area contributed by atoms with Gasteiger partial charge in [-0.15, -0.1) is 0 Å². The number of carbonyl (C=O) groups excluding carboxylic acids is 1. The highest BCUT2D eigenvalue weighted by atomic mass is 16.5. The molecule has 1 aromatic heterocycles. The van der Waals surface area contributed by atoms with Crippen molar-refractivity contribution in [3.8, 4) is 5.75 Å². The van der Waals surface area contributed by atoms with Gasteiger partial charge in [-0.05, 0) is 48.9 Å². The van der Waals surface area contributed by atoms with E-state index in [1.165, 1.54) is 10.9 Å². The van der Waals surface area contributed by atoms with Gasteiger partial charge in [-0.1, -0.05) is 0 Å². The van der Waals surface area contributed by atoms with Crippen LogP contribution in [0.1, 0.15) is 30.7 Å².